The highest BCUT2D eigenvalue weighted by molar-refractivity contribution is 6.01. The number of rotatable bonds is 47. The van der Waals surface area contributed by atoms with Crippen molar-refractivity contribution in [1.82, 2.24) is 69.1 Å². The van der Waals surface area contributed by atoms with Gasteiger partial charge in [-0.2, -0.15) is 0 Å². The van der Waals surface area contributed by atoms with E-state index in [1.807, 2.05) is 0 Å². The Balaban J connectivity index is 2.35. The van der Waals surface area contributed by atoms with Crippen LogP contribution in [0.5, 0.6) is 5.75 Å². The number of hydrogen-bond donors (Lipinski definition) is 21. The zero-order valence-electron chi connectivity index (χ0n) is 63.2. The topological polar surface area (TPSA) is 597 Å². The van der Waals surface area contributed by atoms with Crippen molar-refractivity contribution in [2.75, 3.05) is 19.8 Å². The van der Waals surface area contributed by atoms with Crippen LogP contribution in [0.3, 0.4) is 0 Å². The lowest BCUT2D eigenvalue weighted by Crippen LogP contribution is -2.64. The van der Waals surface area contributed by atoms with Gasteiger partial charge in [-0.1, -0.05) is 111 Å². The lowest BCUT2D eigenvalue weighted by atomic mass is 9.95. The highest BCUT2D eigenvalue weighted by Crippen LogP contribution is 2.18. The van der Waals surface area contributed by atoms with Crippen LogP contribution in [-0.2, 0) is 89.6 Å². The summed E-state index contributed by atoms with van der Waals surface area (Å²) in [5.41, 5.74) is 3.63. The third-order valence-corrected chi connectivity index (χ3v) is 17.3. The second-order valence-corrected chi connectivity index (χ2v) is 28.5. The van der Waals surface area contributed by atoms with E-state index >= 15 is 0 Å². The summed E-state index contributed by atoms with van der Waals surface area (Å²) in [5.74, 6) is -20.2. The van der Waals surface area contributed by atoms with Crippen molar-refractivity contribution < 1.29 is 112 Å². The predicted molar refractivity (Wildman–Crippen MR) is 387 cm³/mol. The van der Waals surface area contributed by atoms with Crippen molar-refractivity contribution in [1.29, 1.82) is 0 Å². The Morgan fingerprint density at radius 2 is 0.852 bits per heavy atom. The molecule has 22 N–H and O–H groups in total. The van der Waals surface area contributed by atoms with Gasteiger partial charge < -0.3 is 111 Å². The smallest absolute Gasteiger partial charge is 0.326 e. The minimum Gasteiger partial charge on any atom is -0.508 e. The Bertz CT molecular complexity index is 3450. The van der Waals surface area contributed by atoms with Gasteiger partial charge in [0.15, 0.2) is 0 Å². The van der Waals surface area contributed by atoms with Gasteiger partial charge in [0.05, 0.1) is 38.3 Å². The van der Waals surface area contributed by atoms with Gasteiger partial charge in [-0.25, -0.2) is 4.79 Å². The third-order valence-electron chi connectivity index (χ3n) is 17.3. The first-order valence-corrected chi connectivity index (χ1v) is 35.4. The summed E-state index contributed by atoms with van der Waals surface area (Å²) in [6.07, 6.45) is -4.02. The molecule has 2 rings (SSSR count). The molecule has 0 fully saturated rings. The van der Waals surface area contributed by atoms with Crippen LogP contribution in [-0.4, -0.2) is 234 Å². The Morgan fingerprint density at radius 1 is 0.435 bits per heavy atom. The number of aliphatic carboxylic acids is 3. The van der Waals surface area contributed by atoms with Gasteiger partial charge in [0.25, 0.3) is 0 Å². The molecule has 0 aliphatic heterocycles. The molecule has 0 saturated heterocycles. The zero-order chi connectivity index (χ0) is 82.2. The highest BCUT2D eigenvalue weighted by Gasteiger charge is 2.41. The summed E-state index contributed by atoms with van der Waals surface area (Å²) >= 11 is 0. The molecule has 13 amide bonds. The number of carboxylic acid groups (broad SMARTS) is 3. The van der Waals surface area contributed by atoms with Crippen molar-refractivity contribution in [3.63, 3.8) is 0 Å². The molecule has 2 aromatic rings. The lowest BCUT2D eigenvalue weighted by molar-refractivity contribution is -0.144. The summed E-state index contributed by atoms with van der Waals surface area (Å²) in [5, 5.41) is 101. The molecule has 0 saturated carbocycles. The van der Waals surface area contributed by atoms with E-state index < -0.39 is 235 Å². The van der Waals surface area contributed by atoms with Gasteiger partial charge >= 0.3 is 17.9 Å². The van der Waals surface area contributed by atoms with Crippen molar-refractivity contribution in [2.45, 2.75) is 231 Å². The van der Waals surface area contributed by atoms with Crippen LogP contribution in [0.15, 0.2) is 54.6 Å². The van der Waals surface area contributed by atoms with Crippen molar-refractivity contribution in [3.8, 4) is 5.75 Å². The number of hydrogen-bond acceptors (Lipinski definition) is 21. The molecule has 602 valence electrons. The molecule has 0 radical (unpaired) electrons. The molecule has 0 spiro atoms. The monoisotopic (exact) mass is 1530 g/mol. The van der Waals surface area contributed by atoms with E-state index in [9.17, 15) is 112 Å². The number of benzene rings is 2. The molecular weight excluding hydrogens is 1420 g/mol. The highest BCUT2D eigenvalue weighted by atomic mass is 16.4. The average Bonchev–Trinajstić information content (AvgIpc) is 0.842. The van der Waals surface area contributed by atoms with Gasteiger partial charge in [-0.3, -0.25) is 71.9 Å². The molecule has 0 unspecified atom stereocenters. The number of phenols is 1. The Morgan fingerprint density at radius 3 is 1.33 bits per heavy atom. The first kappa shape index (κ1) is 93.7. The van der Waals surface area contributed by atoms with Gasteiger partial charge in [0.1, 0.15) is 77.2 Å². The minimum absolute atomic E-state index is 0.00813. The Kier molecular flexibility index (Phi) is 38.7. The van der Waals surface area contributed by atoms with E-state index in [4.69, 9.17) is 5.73 Å². The predicted octanol–water partition coefficient (Wildman–Crippen LogP) is -3.77. The second kappa shape index (κ2) is 44.7. The van der Waals surface area contributed by atoms with E-state index in [0.29, 0.717) is 11.1 Å². The van der Waals surface area contributed by atoms with E-state index in [0.717, 1.165) is 6.92 Å². The SMILES string of the molecule is CC[C@H](C)[C@H](NC(=O)[C@H](Cc1ccccc1)NC(=O)[C@@H](NC(=O)CNC(=O)[C@H](CCC(=O)O)NC(=O)C(C)(C)NC(=O)[C@@H](N)Cc1ccc(O)cc1)[C@@H](C)O)C(=O)N[C@@H](CO)C(=O)N[C@@H](CC(=O)O)C(=O)N[C@@H](CC(C)C)C(=O)N[C@@H](CO)C(=O)N[C@H](C(=O)NC(C)(C)C(=O)N[C@@H](CC(C)C)C(=O)O)[C@@H](C)CC. The molecule has 0 aromatic heterocycles. The maximum Gasteiger partial charge on any atom is 0.326 e. The summed E-state index contributed by atoms with van der Waals surface area (Å²) in [6, 6.07) is -4.15. The number of nitrogens with two attached hydrogens (primary N) is 1. The van der Waals surface area contributed by atoms with Crippen LogP contribution in [0.4, 0.5) is 0 Å². The van der Waals surface area contributed by atoms with E-state index in [-0.39, 0.29) is 50.2 Å². The molecule has 37 heteroatoms. The van der Waals surface area contributed by atoms with Crippen molar-refractivity contribution in [2.24, 2.45) is 29.4 Å². The van der Waals surface area contributed by atoms with Crippen LogP contribution in [0, 0.1) is 23.7 Å². The molecule has 37 nitrogen and oxygen atoms in total. The van der Waals surface area contributed by atoms with Crippen LogP contribution in [0.2, 0.25) is 0 Å². The number of aliphatic hydroxyl groups excluding tert-OH is 3. The maximum absolute atomic E-state index is 14.5. The summed E-state index contributed by atoms with van der Waals surface area (Å²) < 4.78 is 0. The standard InChI is InChI=1S/C71H110N14O23/c1-14-37(7)54(82-61(99)46(30-40-19-17-16-18-20-40)76-65(103)56(39(9)88)81-51(90)32-73-58(96)44(25-26-52(91)92)79-68(107)70(10,11)84-57(95)43(72)29-41-21-23-42(89)24-22-41)64(102)78-49(33-86)62(100)75-47(31-53(93)94)60(98)74-45(27-35(3)4)59(97)77-50(34-87)63(101)83-55(38(8)15-2)66(104)85-71(12,13)69(108)80-48(67(105)106)28-36(5)6/h16-24,35-39,43-50,54-56,86-89H,14-15,25-34,72H2,1-13H3,(H,73,96)(H,74,98)(H,75,100)(H,76,103)(H,77,97)(H,78,102)(H,79,107)(H,80,108)(H,81,90)(H,82,99)(H,83,101)(H,84,95)(H,85,104)(H,91,92)(H,93,94)(H,105,106)/t37-,38-,39+,43-,44-,45-,46-,47-,48-,49-,50-,54-,55-,56-/m0/s1. The summed E-state index contributed by atoms with van der Waals surface area (Å²) in [7, 11) is 0. The van der Waals surface area contributed by atoms with E-state index in [1.54, 1.807) is 78.8 Å². The Hall–Kier alpha value is -10.4. The van der Waals surface area contributed by atoms with Crippen LogP contribution < -0.4 is 74.9 Å². The Labute approximate surface area is 626 Å². The first-order valence-electron chi connectivity index (χ1n) is 35.4. The largest absolute Gasteiger partial charge is 0.508 e. The normalized spacial score (nSPS) is 15.4. The van der Waals surface area contributed by atoms with Gasteiger partial charge in [0.2, 0.25) is 76.8 Å². The van der Waals surface area contributed by atoms with Gasteiger partial charge in [-0.05, 0) is 107 Å². The summed E-state index contributed by atoms with van der Waals surface area (Å²) in [6.45, 7) is 16.3. The maximum atomic E-state index is 14.5. The third kappa shape index (κ3) is 32.0. The molecule has 0 aliphatic rings. The van der Waals surface area contributed by atoms with Crippen molar-refractivity contribution in [3.05, 3.63) is 65.7 Å². The number of carbonyl (C=O) groups excluding carboxylic acids is 13. The van der Waals surface area contributed by atoms with E-state index in [1.165, 1.54) is 58.9 Å². The van der Waals surface area contributed by atoms with Crippen LogP contribution >= 0.6 is 0 Å². The lowest BCUT2D eigenvalue weighted by Gasteiger charge is -2.32. The van der Waals surface area contributed by atoms with Crippen LogP contribution in [0.1, 0.15) is 146 Å². The number of nitrogens with one attached hydrogen (secondary N) is 13. The molecule has 2 aromatic carbocycles. The summed E-state index contributed by atoms with van der Waals surface area (Å²) in [4.78, 5) is 215. The quantitative estimate of drug-likeness (QED) is 0.0302. The molecule has 0 bridgehead atoms. The van der Waals surface area contributed by atoms with Gasteiger partial charge in [0, 0.05) is 12.8 Å². The molecule has 0 heterocycles. The fourth-order valence-electron chi connectivity index (χ4n) is 10.5. The number of aromatic hydroxyl groups is 1. The number of phenolic OH excluding ortho intramolecular Hbond substituents is 1. The molecule has 0 aliphatic carbocycles. The second-order valence-electron chi connectivity index (χ2n) is 28.5. The molecule has 14 atom stereocenters. The molecular formula is C71H110N14O23. The number of aliphatic hydroxyl groups is 3. The fraction of sp³-hybridized carbons (Fsp3) is 0.606. The molecule has 108 heavy (non-hydrogen) atoms. The number of carbonyl (C=O) groups is 16. The van der Waals surface area contributed by atoms with Crippen LogP contribution in [0.25, 0.3) is 0 Å². The zero-order valence-corrected chi connectivity index (χ0v) is 63.2. The van der Waals surface area contributed by atoms with Gasteiger partial charge in [-0.15, -0.1) is 0 Å². The number of carboxylic acids is 3. The first-order chi connectivity index (χ1) is 50.3. The average molecular weight is 1530 g/mol. The van der Waals surface area contributed by atoms with Crippen molar-refractivity contribution >= 4 is 94.7 Å². The fourth-order valence-corrected chi connectivity index (χ4v) is 10.5. The van der Waals surface area contributed by atoms with E-state index in [2.05, 4.69) is 69.1 Å². The minimum atomic E-state index is -2.05. The number of amides is 13.